The highest BCUT2D eigenvalue weighted by molar-refractivity contribution is 6.19. The molecule has 0 heterocycles. The first-order valence-corrected chi connectivity index (χ1v) is 6.20. The van der Waals surface area contributed by atoms with Crippen molar-refractivity contribution in [3.05, 3.63) is 12.2 Å². The van der Waals surface area contributed by atoms with E-state index in [4.69, 9.17) is 11.6 Å². The van der Waals surface area contributed by atoms with Crippen molar-refractivity contribution in [2.75, 3.05) is 19.5 Å². The number of rotatable bonds is 4. The minimum absolute atomic E-state index is 0.594. The zero-order valence-electron chi connectivity index (χ0n) is 9.27. The highest BCUT2D eigenvalue weighted by Crippen LogP contribution is 2.21. The summed E-state index contributed by atoms with van der Waals surface area (Å²) in [5, 5.41) is 0. The van der Waals surface area contributed by atoms with Crippen molar-refractivity contribution in [3.8, 4) is 0 Å². The van der Waals surface area contributed by atoms with E-state index in [0.717, 1.165) is 18.2 Å². The maximum Gasteiger partial charge on any atom is 0.0443 e. The Balaban J connectivity index is 2.33. The Morgan fingerprint density at radius 1 is 1.29 bits per heavy atom. The van der Waals surface area contributed by atoms with Crippen LogP contribution in [0.5, 0.6) is 0 Å². The molecule has 0 bridgehead atoms. The van der Waals surface area contributed by atoms with Crippen molar-refractivity contribution < 1.29 is 0 Å². The summed E-state index contributed by atoms with van der Waals surface area (Å²) in [5.74, 6) is 0.594. The summed E-state index contributed by atoms with van der Waals surface area (Å²) in [6.07, 6.45) is 8.32. The lowest BCUT2D eigenvalue weighted by Gasteiger charge is -2.27. The normalized spacial score (nSPS) is 19.6. The van der Waals surface area contributed by atoms with Gasteiger partial charge in [-0.15, -0.1) is 11.6 Å². The second-order valence-corrected chi connectivity index (χ2v) is 4.71. The fraction of sp³-hybridized carbons (Fsp3) is 0.833. The molecule has 0 spiro atoms. The van der Waals surface area contributed by atoms with Gasteiger partial charge < -0.3 is 0 Å². The standard InChI is InChI=1S/C12H22ClN/c1-11(9-13)10-14(2)12-7-5-3-4-6-8-12/h12H,1,3-10H2,2H3. The van der Waals surface area contributed by atoms with Crippen LogP contribution in [0.4, 0.5) is 0 Å². The topological polar surface area (TPSA) is 3.24 Å². The van der Waals surface area contributed by atoms with Crippen molar-refractivity contribution in [2.24, 2.45) is 0 Å². The van der Waals surface area contributed by atoms with Crippen LogP contribution in [0.15, 0.2) is 12.2 Å². The van der Waals surface area contributed by atoms with Crippen molar-refractivity contribution >= 4 is 11.6 Å². The maximum absolute atomic E-state index is 5.74. The van der Waals surface area contributed by atoms with Gasteiger partial charge in [-0.1, -0.05) is 32.3 Å². The molecule has 1 saturated carbocycles. The molecule has 1 nitrogen and oxygen atoms in total. The van der Waals surface area contributed by atoms with Gasteiger partial charge in [0.1, 0.15) is 0 Å². The number of likely N-dealkylation sites (N-methyl/N-ethyl adjacent to an activating group) is 1. The van der Waals surface area contributed by atoms with E-state index in [0.29, 0.717) is 5.88 Å². The maximum atomic E-state index is 5.74. The third-order valence-corrected chi connectivity index (χ3v) is 3.49. The zero-order valence-corrected chi connectivity index (χ0v) is 10.0. The van der Waals surface area contributed by atoms with Gasteiger partial charge in [-0.2, -0.15) is 0 Å². The van der Waals surface area contributed by atoms with Crippen LogP contribution < -0.4 is 0 Å². The van der Waals surface area contributed by atoms with Crippen molar-refractivity contribution in [1.82, 2.24) is 4.90 Å². The predicted octanol–water partition coefficient (Wildman–Crippen LogP) is 3.44. The summed E-state index contributed by atoms with van der Waals surface area (Å²) >= 11 is 5.74. The minimum Gasteiger partial charge on any atom is -0.299 e. The molecule has 0 N–H and O–H groups in total. The second-order valence-electron chi connectivity index (χ2n) is 4.44. The molecule has 1 aliphatic rings. The van der Waals surface area contributed by atoms with Gasteiger partial charge >= 0.3 is 0 Å². The van der Waals surface area contributed by atoms with Crippen molar-refractivity contribution in [1.29, 1.82) is 0 Å². The van der Waals surface area contributed by atoms with Gasteiger partial charge in [-0.25, -0.2) is 0 Å². The van der Waals surface area contributed by atoms with Gasteiger partial charge in [0, 0.05) is 18.5 Å². The Morgan fingerprint density at radius 2 is 1.86 bits per heavy atom. The van der Waals surface area contributed by atoms with Gasteiger partial charge in [0.05, 0.1) is 0 Å². The summed E-state index contributed by atoms with van der Waals surface area (Å²) in [4.78, 5) is 2.43. The average molecular weight is 216 g/mol. The Bertz CT molecular complexity index is 171. The van der Waals surface area contributed by atoms with Crippen molar-refractivity contribution in [3.63, 3.8) is 0 Å². The van der Waals surface area contributed by atoms with E-state index in [2.05, 4.69) is 18.5 Å². The second kappa shape index (κ2) is 6.47. The third-order valence-electron chi connectivity index (χ3n) is 3.11. The third kappa shape index (κ3) is 4.02. The van der Waals surface area contributed by atoms with E-state index in [1.54, 1.807) is 0 Å². The molecular weight excluding hydrogens is 194 g/mol. The number of nitrogens with zero attached hydrogens (tertiary/aromatic N) is 1. The molecule has 0 unspecified atom stereocenters. The first-order chi connectivity index (χ1) is 6.74. The predicted molar refractivity (Wildman–Crippen MR) is 64.0 cm³/mol. The number of hydrogen-bond acceptors (Lipinski definition) is 1. The van der Waals surface area contributed by atoms with Crippen LogP contribution in [0, 0.1) is 0 Å². The summed E-state index contributed by atoms with van der Waals surface area (Å²) in [5.41, 5.74) is 1.14. The lowest BCUT2D eigenvalue weighted by Crippen LogP contribution is -2.32. The molecule has 0 saturated heterocycles. The van der Waals surface area contributed by atoms with E-state index in [1.165, 1.54) is 38.5 Å². The van der Waals surface area contributed by atoms with E-state index in [-0.39, 0.29) is 0 Å². The Kier molecular flexibility index (Phi) is 5.57. The molecule has 0 amide bonds. The summed E-state index contributed by atoms with van der Waals surface area (Å²) < 4.78 is 0. The van der Waals surface area contributed by atoms with Gasteiger partial charge in [0.25, 0.3) is 0 Å². The molecule has 14 heavy (non-hydrogen) atoms. The highest BCUT2D eigenvalue weighted by atomic mass is 35.5. The molecule has 1 aliphatic carbocycles. The molecule has 0 aromatic rings. The van der Waals surface area contributed by atoms with Crippen LogP contribution in [0.1, 0.15) is 38.5 Å². The molecular formula is C12H22ClN. The van der Waals surface area contributed by atoms with Gasteiger partial charge in [-0.3, -0.25) is 4.90 Å². The number of alkyl halides is 1. The number of hydrogen-bond donors (Lipinski definition) is 0. The quantitative estimate of drug-likeness (QED) is 0.395. The Hall–Kier alpha value is -0.0100. The minimum atomic E-state index is 0.594. The fourth-order valence-electron chi connectivity index (χ4n) is 2.22. The molecule has 0 aromatic carbocycles. The summed E-state index contributed by atoms with van der Waals surface area (Å²) in [6, 6.07) is 0.762. The molecule has 0 aromatic heterocycles. The van der Waals surface area contributed by atoms with E-state index in [1.807, 2.05) is 0 Å². The van der Waals surface area contributed by atoms with Crippen LogP contribution in [-0.2, 0) is 0 Å². The van der Waals surface area contributed by atoms with Crippen LogP contribution in [0.3, 0.4) is 0 Å². The molecule has 82 valence electrons. The first kappa shape index (κ1) is 12.1. The molecule has 0 atom stereocenters. The van der Waals surface area contributed by atoms with Crippen LogP contribution in [0.2, 0.25) is 0 Å². The van der Waals surface area contributed by atoms with Gasteiger partial charge in [0.2, 0.25) is 0 Å². The van der Waals surface area contributed by atoms with Crippen LogP contribution in [0.25, 0.3) is 0 Å². The lowest BCUT2D eigenvalue weighted by atomic mass is 10.1. The monoisotopic (exact) mass is 215 g/mol. The van der Waals surface area contributed by atoms with E-state index in [9.17, 15) is 0 Å². The van der Waals surface area contributed by atoms with Gasteiger partial charge in [0.15, 0.2) is 0 Å². The summed E-state index contributed by atoms with van der Waals surface area (Å²) in [7, 11) is 2.20. The molecule has 0 aliphatic heterocycles. The largest absolute Gasteiger partial charge is 0.299 e. The SMILES string of the molecule is C=C(CCl)CN(C)C1CCCCCC1. The van der Waals surface area contributed by atoms with Crippen LogP contribution in [-0.4, -0.2) is 30.4 Å². The van der Waals surface area contributed by atoms with Crippen LogP contribution >= 0.6 is 11.6 Å². The molecule has 0 radical (unpaired) electrons. The van der Waals surface area contributed by atoms with Gasteiger partial charge in [-0.05, 0) is 25.5 Å². The molecule has 2 heteroatoms. The molecule has 1 rings (SSSR count). The average Bonchev–Trinajstić information content (AvgIpc) is 2.45. The highest BCUT2D eigenvalue weighted by Gasteiger charge is 2.16. The lowest BCUT2D eigenvalue weighted by molar-refractivity contribution is 0.238. The zero-order chi connectivity index (χ0) is 10.4. The van der Waals surface area contributed by atoms with E-state index >= 15 is 0 Å². The van der Waals surface area contributed by atoms with E-state index < -0.39 is 0 Å². The fourth-order valence-corrected chi connectivity index (χ4v) is 2.31. The Morgan fingerprint density at radius 3 is 2.36 bits per heavy atom. The Labute approximate surface area is 93.1 Å². The summed E-state index contributed by atoms with van der Waals surface area (Å²) in [6.45, 7) is 4.92. The van der Waals surface area contributed by atoms with Crippen molar-refractivity contribution in [2.45, 2.75) is 44.6 Å². The molecule has 1 fully saturated rings. The first-order valence-electron chi connectivity index (χ1n) is 5.67. The number of halogens is 1. The smallest absolute Gasteiger partial charge is 0.0443 e.